The van der Waals surface area contributed by atoms with E-state index in [9.17, 15) is 0 Å². The van der Waals surface area contributed by atoms with Crippen molar-refractivity contribution in [3.8, 4) is 11.5 Å². The van der Waals surface area contributed by atoms with Crippen LogP contribution in [0.15, 0.2) is 22.7 Å². The van der Waals surface area contributed by atoms with Gasteiger partial charge in [0.25, 0.3) is 5.89 Å². The number of aryl methyl sites for hydroxylation is 1. The molecule has 3 rings (SSSR count). The Morgan fingerprint density at radius 1 is 1.30 bits per heavy atom. The predicted molar refractivity (Wildman–Crippen MR) is 79.3 cm³/mol. The molecule has 1 aromatic carbocycles. The van der Waals surface area contributed by atoms with E-state index in [1.165, 1.54) is 19.3 Å². The summed E-state index contributed by atoms with van der Waals surface area (Å²) in [6, 6.07) is 5.77. The molecule has 2 atom stereocenters. The molecule has 1 fully saturated rings. The molecular formula is C16H21N3O. The smallest absolute Gasteiger partial charge is 0.258 e. The van der Waals surface area contributed by atoms with Gasteiger partial charge in [-0.15, -0.1) is 0 Å². The minimum absolute atomic E-state index is 0.442. The molecule has 106 valence electrons. The van der Waals surface area contributed by atoms with Crippen LogP contribution in [-0.4, -0.2) is 10.1 Å². The van der Waals surface area contributed by atoms with Gasteiger partial charge in [-0.2, -0.15) is 4.98 Å². The van der Waals surface area contributed by atoms with Gasteiger partial charge in [-0.25, -0.2) is 0 Å². The fourth-order valence-electron chi connectivity index (χ4n) is 3.05. The summed E-state index contributed by atoms with van der Waals surface area (Å²) in [6.45, 7) is 4.33. The second-order valence-corrected chi connectivity index (χ2v) is 6.00. The lowest BCUT2D eigenvalue weighted by Crippen LogP contribution is -2.12. The highest BCUT2D eigenvalue weighted by atomic mass is 16.5. The maximum Gasteiger partial charge on any atom is 0.258 e. The first-order valence-corrected chi connectivity index (χ1v) is 7.33. The van der Waals surface area contributed by atoms with Gasteiger partial charge in [0.1, 0.15) is 0 Å². The van der Waals surface area contributed by atoms with Crippen LogP contribution in [0.4, 0.5) is 5.69 Å². The monoisotopic (exact) mass is 271 g/mol. The number of hydrogen-bond acceptors (Lipinski definition) is 4. The maximum atomic E-state index is 5.84. The van der Waals surface area contributed by atoms with E-state index < -0.39 is 0 Å². The van der Waals surface area contributed by atoms with Gasteiger partial charge < -0.3 is 10.3 Å². The summed E-state index contributed by atoms with van der Waals surface area (Å²) in [4.78, 5) is 4.61. The number of rotatable bonds is 2. The molecule has 2 unspecified atom stereocenters. The molecule has 1 saturated carbocycles. The van der Waals surface area contributed by atoms with Gasteiger partial charge in [0.05, 0.1) is 0 Å². The van der Waals surface area contributed by atoms with E-state index in [0.29, 0.717) is 11.8 Å². The molecule has 1 aliphatic rings. The van der Waals surface area contributed by atoms with Crippen molar-refractivity contribution in [2.45, 2.75) is 45.4 Å². The summed E-state index contributed by atoms with van der Waals surface area (Å²) in [7, 11) is 0. The first kappa shape index (κ1) is 13.2. The Hall–Kier alpha value is -1.84. The van der Waals surface area contributed by atoms with Crippen molar-refractivity contribution in [2.75, 3.05) is 5.73 Å². The van der Waals surface area contributed by atoms with E-state index in [4.69, 9.17) is 10.3 Å². The first-order valence-electron chi connectivity index (χ1n) is 7.33. The second kappa shape index (κ2) is 5.27. The molecule has 0 aliphatic heterocycles. The van der Waals surface area contributed by atoms with E-state index in [-0.39, 0.29) is 0 Å². The van der Waals surface area contributed by atoms with Crippen molar-refractivity contribution >= 4 is 5.69 Å². The third-order valence-electron chi connectivity index (χ3n) is 4.24. The molecule has 2 aromatic rings. The molecule has 0 radical (unpaired) electrons. The Balaban J connectivity index is 1.88. The summed E-state index contributed by atoms with van der Waals surface area (Å²) in [5.41, 5.74) is 8.60. The van der Waals surface area contributed by atoms with Gasteiger partial charge in [0.15, 0.2) is 5.82 Å². The summed E-state index contributed by atoms with van der Waals surface area (Å²) in [5, 5.41) is 4.19. The lowest BCUT2D eigenvalue weighted by molar-refractivity contribution is 0.324. The van der Waals surface area contributed by atoms with Gasteiger partial charge in [-0.05, 0) is 43.4 Å². The fourth-order valence-corrected chi connectivity index (χ4v) is 3.05. The molecule has 1 aliphatic carbocycles. The maximum absolute atomic E-state index is 5.84. The molecule has 0 spiro atoms. The second-order valence-electron chi connectivity index (χ2n) is 6.00. The number of aromatic nitrogens is 2. The lowest BCUT2D eigenvalue weighted by atomic mass is 9.82. The first-order chi connectivity index (χ1) is 9.63. The molecule has 2 N–H and O–H groups in total. The zero-order valence-electron chi connectivity index (χ0n) is 12.1. The molecule has 20 heavy (non-hydrogen) atoms. The van der Waals surface area contributed by atoms with Crippen LogP contribution in [0.25, 0.3) is 11.5 Å². The standard InChI is InChI=1S/C16H21N3O/c1-10-4-3-5-12(8-10)15-18-16(20-19-15)14-9-13(17)7-6-11(14)2/h6-7,9-10,12H,3-5,8,17H2,1-2H3. The van der Waals surface area contributed by atoms with Crippen LogP contribution in [0, 0.1) is 12.8 Å². The summed E-state index contributed by atoms with van der Waals surface area (Å²) < 4.78 is 5.46. The van der Waals surface area contributed by atoms with Crippen LogP contribution >= 0.6 is 0 Å². The van der Waals surface area contributed by atoms with Crippen molar-refractivity contribution in [2.24, 2.45) is 5.92 Å². The number of hydrogen-bond donors (Lipinski definition) is 1. The summed E-state index contributed by atoms with van der Waals surface area (Å²) in [5.74, 6) is 2.64. The van der Waals surface area contributed by atoms with Gasteiger partial charge in [0.2, 0.25) is 0 Å². The van der Waals surface area contributed by atoms with Crippen molar-refractivity contribution in [1.29, 1.82) is 0 Å². The highest BCUT2D eigenvalue weighted by molar-refractivity contribution is 5.63. The van der Waals surface area contributed by atoms with Gasteiger partial charge in [-0.3, -0.25) is 0 Å². The van der Waals surface area contributed by atoms with Crippen molar-refractivity contribution in [3.05, 3.63) is 29.6 Å². The van der Waals surface area contributed by atoms with E-state index in [1.54, 1.807) is 0 Å². The molecule has 4 nitrogen and oxygen atoms in total. The zero-order chi connectivity index (χ0) is 14.1. The Labute approximate surface area is 119 Å². The molecular weight excluding hydrogens is 250 g/mol. The number of nitrogens with two attached hydrogens (primary N) is 1. The van der Waals surface area contributed by atoms with Gasteiger partial charge >= 0.3 is 0 Å². The van der Waals surface area contributed by atoms with Gasteiger partial charge in [-0.1, -0.05) is 31.0 Å². The number of nitrogens with zero attached hydrogens (tertiary/aromatic N) is 2. The SMILES string of the molecule is Cc1ccc(N)cc1-c1nc(C2CCCC(C)C2)no1. The van der Waals surface area contributed by atoms with Crippen molar-refractivity contribution in [3.63, 3.8) is 0 Å². The molecule has 0 bridgehead atoms. The number of benzene rings is 1. The van der Waals surface area contributed by atoms with Crippen LogP contribution in [0.5, 0.6) is 0 Å². The topological polar surface area (TPSA) is 64.9 Å². The minimum Gasteiger partial charge on any atom is -0.399 e. The molecule has 1 aromatic heterocycles. The Bertz CT molecular complexity index is 606. The van der Waals surface area contributed by atoms with Crippen LogP contribution in [0.1, 0.15) is 49.9 Å². The molecule has 0 saturated heterocycles. The van der Waals surface area contributed by atoms with Crippen LogP contribution in [-0.2, 0) is 0 Å². The summed E-state index contributed by atoms with van der Waals surface area (Å²) >= 11 is 0. The molecule has 1 heterocycles. The van der Waals surface area contributed by atoms with E-state index in [2.05, 4.69) is 17.1 Å². The van der Waals surface area contributed by atoms with Gasteiger partial charge in [0, 0.05) is 17.2 Å². The largest absolute Gasteiger partial charge is 0.399 e. The molecule has 0 amide bonds. The average Bonchev–Trinajstić information content (AvgIpc) is 2.91. The van der Waals surface area contributed by atoms with E-state index in [0.717, 1.165) is 35.0 Å². The van der Waals surface area contributed by atoms with E-state index in [1.807, 2.05) is 25.1 Å². The zero-order valence-corrected chi connectivity index (χ0v) is 12.1. The van der Waals surface area contributed by atoms with Crippen LogP contribution in [0.3, 0.4) is 0 Å². The third kappa shape index (κ3) is 2.55. The number of nitrogen functional groups attached to an aromatic ring is 1. The van der Waals surface area contributed by atoms with Crippen LogP contribution < -0.4 is 5.73 Å². The molecule has 4 heteroatoms. The quantitative estimate of drug-likeness (QED) is 0.841. The summed E-state index contributed by atoms with van der Waals surface area (Å²) in [6.07, 6.45) is 4.90. The normalized spacial score (nSPS) is 22.9. The van der Waals surface area contributed by atoms with Crippen molar-refractivity contribution < 1.29 is 4.52 Å². The highest BCUT2D eigenvalue weighted by Gasteiger charge is 2.25. The van der Waals surface area contributed by atoms with Crippen LogP contribution in [0.2, 0.25) is 0 Å². The Morgan fingerprint density at radius 3 is 2.95 bits per heavy atom. The van der Waals surface area contributed by atoms with E-state index >= 15 is 0 Å². The lowest BCUT2D eigenvalue weighted by Gasteiger charge is -2.23. The average molecular weight is 271 g/mol. The Kier molecular flexibility index (Phi) is 3.47. The van der Waals surface area contributed by atoms with Crippen molar-refractivity contribution in [1.82, 2.24) is 10.1 Å². The third-order valence-corrected chi connectivity index (χ3v) is 4.24. The predicted octanol–water partition coefficient (Wildman–Crippen LogP) is 3.92. The number of anilines is 1. The highest BCUT2D eigenvalue weighted by Crippen LogP contribution is 2.35. The minimum atomic E-state index is 0.442. The Morgan fingerprint density at radius 2 is 2.15 bits per heavy atom. The fraction of sp³-hybridized carbons (Fsp3) is 0.500.